The second-order valence-electron chi connectivity index (χ2n) is 5.74. The van der Waals surface area contributed by atoms with Crippen LogP contribution in [-0.4, -0.2) is 0 Å². The molecule has 1 nitrogen and oxygen atoms in total. The van der Waals surface area contributed by atoms with Gasteiger partial charge in [0.15, 0.2) is 0 Å². The lowest BCUT2D eigenvalue weighted by Crippen LogP contribution is -1.90. The van der Waals surface area contributed by atoms with Crippen molar-refractivity contribution >= 4 is 5.69 Å². The van der Waals surface area contributed by atoms with E-state index in [4.69, 9.17) is 5.73 Å². The van der Waals surface area contributed by atoms with Gasteiger partial charge in [0, 0.05) is 5.69 Å². The summed E-state index contributed by atoms with van der Waals surface area (Å²) in [6.07, 6.45) is 1.01. The number of nitrogen functional groups attached to an aromatic ring is 1. The average molecular weight is 271 g/mol. The Morgan fingerprint density at radius 3 is 2.48 bits per heavy atom. The molecule has 3 aromatic carbocycles. The monoisotopic (exact) mass is 271 g/mol. The fourth-order valence-corrected chi connectivity index (χ4v) is 3.32. The zero-order valence-electron chi connectivity index (χ0n) is 12.1. The summed E-state index contributed by atoms with van der Waals surface area (Å²) in [6, 6.07) is 21.4. The molecule has 3 aromatic rings. The van der Waals surface area contributed by atoms with Gasteiger partial charge in [-0.1, -0.05) is 48.5 Å². The maximum Gasteiger partial charge on any atom is 0.0320 e. The predicted molar refractivity (Wildman–Crippen MR) is 89.3 cm³/mol. The SMILES string of the molecule is Cc1ccc(-c2ccccc2)c2c1Cc1ccc(N)cc1-2. The number of aryl methyl sites for hydroxylation is 1. The van der Waals surface area contributed by atoms with Gasteiger partial charge in [-0.2, -0.15) is 0 Å². The molecular formula is C20H17N. The Balaban J connectivity index is 2.04. The van der Waals surface area contributed by atoms with Gasteiger partial charge in [-0.25, -0.2) is 0 Å². The number of nitrogens with two attached hydrogens (primary N) is 1. The summed E-state index contributed by atoms with van der Waals surface area (Å²) in [5, 5.41) is 0. The van der Waals surface area contributed by atoms with Gasteiger partial charge in [0.25, 0.3) is 0 Å². The molecular weight excluding hydrogens is 254 g/mol. The third-order valence-corrected chi connectivity index (χ3v) is 4.40. The number of hydrogen-bond acceptors (Lipinski definition) is 1. The zero-order chi connectivity index (χ0) is 14.4. The molecule has 1 heteroatoms. The zero-order valence-corrected chi connectivity index (χ0v) is 12.1. The molecule has 0 bridgehead atoms. The largest absolute Gasteiger partial charge is 0.399 e. The normalized spacial score (nSPS) is 12.0. The second kappa shape index (κ2) is 4.49. The van der Waals surface area contributed by atoms with E-state index in [1.165, 1.54) is 38.9 Å². The first kappa shape index (κ1) is 12.2. The van der Waals surface area contributed by atoms with Gasteiger partial charge in [-0.05, 0) is 64.4 Å². The van der Waals surface area contributed by atoms with Crippen LogP contribution in [0.2, 0.25) is 0 Å². The van der Waals surface area contributed by atoms with Crippen molar-refractivity contribution in [1.29, 1.82) is 0 Å². The minimum absolute atomic E-state index is 0.835. The number of hydrogen-bond donors (Lipinski definition) is 1. The van der Waals surface area contributed by atoms with Crippen LogP contribution in [0.5, 0.6) is 0 Å². The lowest BCUT2D eigenvalue weighted by molar-refractivity contribution is 1.22. The van der Waals surface area contributed by atoms with Crippen LogP contribution >= 0.6 is 0 Å². The van der Waals surface area contributed by atoms with Crippen molar-refractivity contribution in [2.24, 2.45) is 0 Å². The van der Waals surface area contributed by atoms with Crippen LogP contribution in [0.15, 0.2) is 60.7 Å². The van der Waals surface area contributed by atoms with Crippen molar-refractivity contribution in [3.63, 3.8) is 0 Å². The van der Waals surface area contributed by atoms with E-state index >= 15 is 0 Å². The van der Waals surface area contributed by atoms with E-state index in [1.807, 2.05) is 6.07 Å². The smallest absolute Gasteiger partial charge is 0.0320 e. The van der Waals surface area contributed by atoms with Crippen LogP contribution in [0.4, 0.5) is 5.69 Å². The Bertz CT molecular complexity index is 832. The van der Waals surface area contributed by atoms with Gasteiger partial charge in [-0.3, -0.25) is 0 Å². The summed E-state index contributed by atoms with van der Waals surface area (Å²) in [7, 11) is 0. The number of fused-ring (bicyclic) bond motifs is 3. The summed E-state index contributed by atoms with van der Waals surface area (Å²) < 4.78 is 0. The Kier molecular flexibility index (Phi) is 2.61. The molecule has 1 aliphatic carbocycles. The Hall–Kier alpha value is -2.54. The predicted octanol–water partition coefficient (Wildman–Crippen LogP) is 4.82. The van der Waals surface area contributed by atoms with Gasteiger partial charge < -0.3 is 5.73 Å². The summed E-state index contributed by atoms with van der Waals surface area (Å²) in [4.78, 5) is 0. The molecule has 0 saturated heterocycles. The van der Waals surface area contributed by atoms with E-state index in [9.17, 15) is 0 Å². The molecule has 0 fully saturated rings. The molecule has 0 amide bonds. The molecule has 0 spiro atoms. The topological polar surface area (TPSA) is 26.0 Å². The van der Waals surface area contributed by atoms with E-state index in [2.05, 4.69) is 61.5 Å². The van der Waals surface area contributed by atoms with Gasteiger partial charge in [0.1, 0.15) is 0 Å². The standard InChI is InChI=1S/C20H17N/c1-13-7-10-17(14-5-3-2-4-6-14)20-18(13)11-15-8-9-16(21)12-19(15)20/h2-10,12H,11,21H2,1H3. The second-order valence-corrected chi connectivity index (χ2v) is 5.74. The third kappa shape index (κ3) is 1.85. The van der Waals surface area contributed by atoms with Crippen LogP contribution in [0, 0.1) is 6.92 Å². The van der Waals surface area contributed by atoms with E-state index in [0.29, 0.717) is 0 Å². The highest BCUT2D eigenvalue weighted by atomic mass is 14.5. The number of anilines is 1. The van der Waals surface area contributed by atoms with Crippen LogP contribution < -0.4 is 5.73 Å². The van der Waals surface area contributed by atoms with Gasteiger partial charge in [-0.15, -0.1) is 0 Å². The Labute approximate surface area is 125 Å². The highest BCUT2D eigenvalue weighted by Gasteiger charge is 2.23. The Morgan fingerprint density at radius 2 is 1.67 bits per heavy atom. The first-order chi connectivity index (χ1) is 10.2. The summed E-state index contributed by atoms with van der Waals surface area (Å²) >= 11 is 0. The van der Waals surface area contributed by atoms with E-state index in [1.54, 1.807) is 0 Å². The summed E-state index contributed by atoms with van der Waals surface area (Å²) in [6.45, 7) is 2.20. The molecule has 0 aromatic heterocycles. The maximum absolute atomic E-state index is 6.01. The van der Waals surface area contributed by atoms with E-state index < -0.39 is 0 Å². The first-order valence-electron chi connectivity index (χ1n) is 7.31. The molecule has 21 heavy (non-hydrogen) atoms. The lowest BCUT2D eigenvalue weighted by atomic mass is 9.92. The molecule has 0 atom stereocenters. The molecule has 4 rings (SSSR count). The quantitative estimate of drug-likeness (QED) is 0.494. The molecule has 1 aliphatic rings. The van der Waals surface area contributed by atoms with Crippen molar-refractivity contribution in [3.05, 3.63) is 77.4 Å². The molecule has 102 valence electrons. The molecule has 0 radical (unpaired) electrons. The fraction of sp³-hybridized carbons (Fsp3) is 0.100. The molecule has 0 heterocycles. The van der Waals surface area contributed by atoms with Crippen LogP contribution in [-0.2, 0) is 6.42 Å². The average Bonchev–Trinajstić information content (AvgIpc) is 2.88. The van der Waals surface area contributed by atoms with Crippen molar-refractivity contribution in [3.8, 4) is 22.3 Å². The molecule has 0 saturated carbocycles. The van der Waals surface area contributed by atoms with Crippen molar-refractivity contribution in [1.82, 2.24) is 0 Å². The maximum atomic E-state index is 6.01. The third-order valence-electron chi connectivity index (χ3n) is 4.40. The Morgan fingerprint density at radius 1 is 0.857 bits per heavy atom. The summed E-state index contributed by atoms with van der Waals surface area (Å²) in [5.74, 6) is 0. The van der Waals surface area contributed by atoms with Crippen molar-refractivity contribution in [2.75, 3.05) is 5.73 Å². The molecule has 2 N–H and O–H groups in total. The lowest BCUT2D eigenvalue weighted by Gasteiger charge is -2.12. The minimum atomic E-state index is 0.835. The molecule has 0 aliphatic heterocycles. The number of rotatable bonds is 1. The fourth-order valence-electron chi connectivity index (χ4n) is 3.32. The molecule has 0 unspecified atom stereocenters. The number of benzene rings is 3. The van der Waals surface area contributed by atoms with Crippen LogP contribution in [0.3, 0.4) is 0 Å². The highest BCUT2D eigenvalue weighted by molar-refractivity contribution is 5.92. The van der Waals surface area contributed by atoms with Gasteiger partial charge in [0.05, 0.1) is 0 Å². The first-order valence-corrected chi connectivity index (χ1v) is 7.31. The van der Waals surface area contributed by atoms with E-state index in [0.717, 1.165) is 12.1 Å². The minimum Gasteiger partial charge on any atom is -0.399 e. The van der Waals surface area contributed by atoms with Gasteiger partial charge >= 0.3 is 0 Å². The van der Waals surface area contributed by atoms with Crippen LogP contribution in [0.25, 0.3) is 22.3 Å². The van der Waals surface area contributed by atoms with E-state index in [-0.39, 0.29) is 0 Å². The van der Waals surface area contributed by atoms with Crippen LogP contribution in [0.1, 0.15) is 16.7 Å². The summed E-state index contributed by atoms with van der Waals surface area (Å²) in [5.41, 5.74) is 16.3. The van der Waals surface area contributed by atoms with Crippen molar-refractivity contribution in [2.45, 2.75) is 13.3 Å². The van der Waals surface area contributed by atoms with Gasteiger partial charge in [0.2, 0.25) is 0 Å². The highest BCUT2D eigenvalue weighted by Crippen LogP contribution is 2.44. The van der Waals surface area contributed by atoms with Crippen molar-refractivity contribution < 1.29 is 0 Å².